The highest BCUT2D eigenvalue weighted by Gasteiger charge is 2.11. The molecule has 0 aliphatic carbocycles. The van der Waals surface area contributed by atoms with E-state index in [2.05, 4.69) is 5.32 Å². The van der Waals surface area contributed by atoms with Gasteiger partial charge in [0, 0.05) is 12.3 Å². The van der Waals surface area contributed by atoms with Crippen molar-refractivity contribution in [3.63, 3.8) is 0 Å². The monoisotopic (exact) mass is 229 g/mol. The predicted octanol–water partition coefficient (Wildman–Crippen LogP) is -0.965. The van der Waals surface area contributed by atoms with E-state index in [0.29, 0.717) is 36.6 Å². The van der Waals surface area contributed by atoms with Gasteiger partial charge in [-0.1, -0.05) is 0 Å². The minimum atomic E-state index is -3.91. The second kappa shape index (κ2) is 6.78. The topological polar surface area (TPSA) is 122 Å². The number of hydrogen-bond acceptors (Lipinski definition) is 5. The van der Waals surface area contributed by atoms with Gasteiger partial charge in [0.15, 0.2) is 0 Å². The third-order valence-corrected chi connectivity index (χ3v) is 3.47. The van der Waals surface area contributed by atoms with Crippen LogP contribution in [0.1, 0.15) is 6.42 Å². The molecule has 0 fully saturated rings. The van der Waals surface area contributed by atoms with Gasteiger partial charge in [0.1, 0.15) is 0 Å². The van der Waals surface area contributed by atoms with Crippen molar-refractivity contribution in [2.24, 2.45) is 11.5 Å². The van der Waals surface area contributed by atoms with E-state index in [9.17, 15) is 4.57 Å². The highest BCUT2D eigenvalue weighted by atomic mass is 32.7. The van der Waals surface area contributed by atoms with Gasteiger partial charge in [-0.3, -0.25) is 0 Å². The Morgan fingerprint density at radius 2 is 2.00 bits per heavy atom. The fourth-order valence-corrected chi connectivity index (χ4v) is 2.09. The molecule has 0 heterocycles. The van der Waals surface area contributed by atoms with Gasteiger partial charge in [-0.15, -0.1) is 0 Å². The van der Waals surface area contributed by atoms with Crippen LogP contribution in [-0.2, 0) is 4.57 Å². The Morgan fingerprint density at radius 3 is 2.46 bits per heavy atom. The van der Waals surface area contributed by atoms with Crippen molar-refractivity contribution in [3.8, 4) is 0 Å². The van der Waals surface area contributed by atoms with Crippen LogP contribution in [0.2, 0.25) is 0 Å². The molecule has 80 valence electrons. The lowest BCUT2D eigenvalue weighted by Crippen LogP contribution is -2.34. The predicted molar refractivity (Wildman–Crippen MR) is 54.2 cm³/mol. The average molecular weight is 229 g/mol. The Labute approximate surface area is 81.4 Å². The van der Waals surface area contributed by atoms with E-state index in [1.807, 2.05) is 0 Å². The van der Waals surface area contributed by atoms with Crippen molar-refractivity contribution in [1.29, 1.82) is 0 Å². The molecule has 0 atom stereocenters. The summed E-state index contributed by atoms with van der Waals surface area (Å²) in [5, 5.41) is 2.97. The normalized spacial score (nSPS) is 12.4. The molecule has 13 heavy (non-hydrogen) atoms. The maximum Gasteiger partial charge on any atom is 0.384 e. The first-order valence-electron chi connectivity index (χ1n) is 3.84. The molecular formula is C5H16N3O3PS. The minimum Gasteiger partial charge on any atom is -0.317 e. The molecule has 0 spiro atoms. The first-order valence-corrected chi connectivity index (χ1v) is 7.04. The van der Waals surface area contributed by atoms with Gasteiger partial charge in [-0.05, 0) is 24.3 Å². The van der Waals surface area contributed by atoms with Gasteiger partial charge < -0.3 is 26.6 Å². The number of hydrogen-bond donors (Lipinski definition) is 5. The summed E-state index contributed by atoms with van der Waals surface area (Å²) in [5.74, 6) is 0.379. The van der Waals surface area contributed by atoms with E-state index in [-0.39, 0.29) is 6.17 Å². The average Bonchev–Trinajstić information content (AvgIpc) is 1.93. The lowest BCUT2D eigenvalue weighted by Gasteiger charge is -2.07. The molecule has 6 nitrogen and oxygen atoms in total. The van der Waals surface area contributed by atoms with Crippen molar-refractivity contribution in [2.45, 2.75) is 12.6 Å². The molecule has 0 bridgehead atoms. The van der Waals surface area contributed by atoms with Crippen LogP contribution in [0.3, 0.4) is 0 Å². The second-order valence-corrected chi connectivity index (χ2v) is 6.38. The number of rotatable bonds is 7. The summed E-state index contributed by atoms with van der Waals surface area (Å²) in [6.45, 7) is -2.70. The Bertz CT molecular complexity index is 174. The van der Waals surface area contributed by atoms with Crippen LogP contribution in [0.4, 0.5) is 0 Å². The smallest absolute Gasteiger partial charge is 0.317 e. The van der Waals surface area contributed by atoms with Crippen molar-refractivity contribution < 1.29 is 14.4 Å². The number of nitrogens with one attached hydrogen (secondary N) is 1. The van der Waals surface area contributed by atoms with E-state index in [1.165, 1.54) is 0 Å². The van der Waals surface area contributed by atoms with Crippen molar-refractivity contribution in [2.75, 3.05) is 18.8 Å². The summed E-state index contributed by atoms with van der Waals surface area (Å²) < 4.78 is 10.4. The van der Waals surface area contributed by atoms with E-state index in [4.69, 9.17) is 21.3 Å². The Morgan fingerprint density at radius 1 is 1.38 bits per heavy atom. The first kappa shape index (κ1) is 13.4. The molecule has 0 amide bonds. The van der Waals surface area contributed by atoms with E-state index >= 15 is 0 Å². The highest BCUT2D eigenvalue weighted by molar-refractivity contribution is 8.54. The van der Waals surface area contributed by atoms with Crippen molar-refractivity contribution in [3.05, 3.63) is 0 Å². The molecule has 8 heteroatoms. The fourth-order valence-electron chi connectivity index (χ4n) is 0.630. The summed E-state index contributed by atoms with van der Waals surface area (Å²) in [4.78, 5) is 16.9. The van der Waals surface area contributed by atoms with Crippen LogP contribution in [0.15, 0.2) is 0 Å². The van der Waals surface area contributed by atoms with E-state index < -0.39 is 6.80 Å². The Balaban J connectivity index is 3.14. The SMILES string of the molecule is NC(N)CCNCCSP(=O)(O)O. The summed E-state index contributed by atoms with van der Waals surface area (Å²) in [7, 11) is 0. The molecule has 0 aliphatic rings. The van der Waals surface area contributed by atoms with Crippen LogP contribution in [-0.4, -0.2) is 34.8 Å². The van der Waals surface area contributed by atoms with Crippen LogP contribution in [0.25, 0.3) is 0 Å². The third-order valence-electron chi connectivity index (χ3n) is 1.19. The third kappa shape index (κ3) is 12.4. The summed E-state index contributed by atoms with van der Waals surface area (Å²) in [5.41, 5.74) is 10.6. The van der Waals surface area contributed by atoms with E-state index in [0.717, 1.165) is 0 Å². The summed E-state index contributed by atoms with van der Waals surface area (Å²) in [6.07, 6.45) is 0.322. The van der Waals surface area contributed by atoms with Gasteiger partial charge in [-0.25, -0.2) is 4.57 Å². The zero-order valence-corrected chi connectivity index (χ0v) is 8.93. The first-order chi connectivity index (χ1) is 5.92. The molecule has 7 N–H and O–H groups in total. The molecule has 0 rings (SSSR count). The molecule has 0 aliphatic heterocycles. The zero-order valence-electron chi connectivity index (χ0n) is 7.22. The van der Waals surface area contributed by atoms with Gasteiger partial charge >= 0.3 is 6.80 Å². The standard InChI is InChI=1S/C5H16N3O3PS/c6-5(7)1-2-8-3-4-13-12(9,10)11/h5,8H,1-4,6-7H2,(H2,9,10,11). The molecule has 0 aromatic rings. The molecule has 0 radical (unpaired) electrons. The Hall–Kier alpha value is 0.380. The van der Waals surface area contributed by atoms with Crippen LogP contribution in [0.5, 0.6) is 0 Å². The van der Waals surface area contributed by atoms with Crippen LogP contribution >= 0.6 is 18.2 Å². The molecule has 0 unspecified atom stereocenters. The number of nitrogens with two attached hydrogens (primary N) is 2. The minimum absolute atomic E-state index is 0.332. The Kier molecular flexibility index (Phi) is 6.98. The van der Waals surface area contributed by atoms with Crippen molar-refractivity contribution >= 4 is 18.2 Å². The second-order valence-electron chi connectivity index (χ2n) is 2.53. The maximum atomic E-state index is 10.4. The molecule has 0 aromatic heterocycles. The highest BCUT2D eigenvalue weighted by Crippen LogP contribution is 2.49. The summed E-state index contributed by atoms with van der Waals surface area (Å²) >= 11 is 0.634. The van der Waals surface area contributed by atoms with Crippen LogP contribution < -0.4 is 16.8 Å². The van der Waals surface area contributed by atoms with Gasteiger partial charge in [-0.2, -0.15) is 0 Å². The van der Waals surface area contributed by atoms with Gasteiger partial charge in [0.2, 0.25) is 0 Å². The largest absolute Gasteiger partial charge is 0.384 e. The van der Waals surface area contributed by atoms with Crippen LogP contribution in [0, 0.1) is 0 Å². The summed E-state index contributed by atoms with van der Waals surface area (Å²) in [6, 6.07) is 0. The lowest BCUT2D eigenvalue weighted by molar-refractivity contribution is 0.397. The maximum absolute atomic E-state index is 10.4. The molecule has 0 saturated carbocycles. The zero-order chi connectivity index (χ0) is 10.3. The molecular weight excluding hydrogens is 213 g/mol. The fraction of sp³-hybridized carbons (Fsp3) is 1.00. The molecule has 0 saturated heterocycles. The molecule has 0 aromatic carbocycles. The quantitative estimate of drug-likeness (QED) is 0.216. The van der Waals surface area contributed by atoms with Gasteiger partial charge in [0.25, 0.3) is 0 Å². The lowest BCUT2D eigenvalue weighted by atomic mass is 10.3. The van der Waals surface area contributed by atoms with Crippen molar-refractivity contribution in [1.82, 2.24) is 5.32 Å². The van der Waals surface area contributed by atoms with E-state index in [1.54, 1.807) is 0 Å². The van der Waals surface area contributed by atoms with Gasteiger partial charge in [0.05, 0.1) is 6.17 Å².